The topological polar surface area (TPSA) is 127 Å². The number of nitrogens with zero attached hydrogens (tertiary/aromatic N) is 2. The van der Waals surface area contributed by atoms with Gasteiger partial charge in [0.1, 0.15) is 23.7 Å². The van der Waals surface area contributed by atoms with Gasteiger partial charge in [-0.3, -0.25) is 4.79 Å². The summed E-state index contributed by atoms with van der Waals surface area (Å²) in [5.41, 5.74) is 4.72. The molecule has 1 rings (SSSR count). The third-order valence-corrected chi connectivity index (χ3v) is 2.39. The molecule has 0 aliphatic carbocycles. The van der Waals surface area contributed by atoms with Crippen molar-refractivity contribution < 1.29 is 19.1 Å². The molecule has 0 aromatic heterocycles. The van der Waals surface area contributed by atoms with E-state index in [2.05, 4.69) is 10.3 Å². The Bertz CT molecular complexity index is 504. The first kappa shape index (κ1) is 15.7. The van der Waals surface area contributed by atoms with Crippen molar-refractivity contribution >= 4 is 17.6 Å². The average molecular weight is 280 g/mol. The monoisotopic (exact) mass is 280 g/mol. The molecule has 1 aliphatic heterocycles. The summed E-state index contributed by atoms with van der Waals surface area (Å²) in [6.45, 7) is 3.95. The summed E-state index contributed by atoms with van der Waals surface area (Å²) in [6.07, 6.45) is -0.594. The molecule has 0 aromatic carbocycles. The van der Waals surface area contributed by atoms with E-state index in [9.17, 15) is 9.59 Å². The zero-order valence-corrected chi connectivity index (χ0v) is 11.3. The molecular weight excluding hydrogens is 264 g/mol. The van der Waals surface area contributed by atoms with Gasteiger partial charge in [0.2, 0.25) is 0 Å². The fourth-order valence-electron chi connectivity index (χ4n) is 1.60. The predicted octanol–water partition coefficient (Wildman–Crippen LogP) is -0.433. The summed E-state index contributed by atoms with van der Waals surface area (Å²) >= 11 is 0. The number of carbonyl (C=O) groups is 2. The standard InChI is InChI=1S/C12H16N4O4/c1-3-19-9-5-7(12(18)20-4-2)16-10(11(14)17)8(6-13)15-9/h9,15H,3-5H2,1-2H3,(H2,14,17). The van der Waals surface area contributed by atoms with Gasteiger partial charge in [-0.05, 0) is 13.8 Å². The predicted molar refractivity (Wildman–Crippen MR) is 69.1 cm³/mol. The van der Waals surface area contributed by atoms with Gasteiger partial charge in [0.05, 0.1) is 6.61 Å². The molecule has 0 spiro atoms. The van der Waals surface area contributed by atoms with Crippen LogP contribution in [0.2, 0.25) is 0 Å². The largest absolute Gasteiger partial charge is 0.462 e. The van der Waals surface area contributed by atoms with Crippen LogP contribution in [0, 0.1) is 11.3 Å². The summed E-state index contributed by atoms with van der Waals surface area (Å²) in [4.78, 5) is 27.0. The molecule has 0 bridgehead atoms. The molecule has 8 heteroatoms. The Balaban J connectivity index is 3.20. The lowest BCUT2D eigenvalue weighted by Crippen LogP contribution is -2.34. The van der Waals surface area contributed by atoms with Crippen molar-refractivity contribution in [1.29, 1.82) is 5.26 Å². The van der Waals surface area contributed by atoms with E-state index in [-0.39, 0.29) is 30.1 Å². The molecule has 8 nitrogen and oxygen atoms in total. The second kappa shape index (κ2) is 7.25. The van der Waals surface area contributed by atoms with Crippen LogP contribution in [0.3, 0.4) is 0 Å². The quantitative estimate of drug-likeness (QED) is 0.658. The van der Waals surface area contributed by atoms with Gasteiger partial charge in [-0.15, -0.1) is 0 Å². The molecule has 1 heterocycles. The maximum Gasteiger partial charge on any atom is 0.352 e. The summed E-state index contributed by atoms with van der Waals surface area (Å²) in [6, 6.07) is 1.78. The fourth-order valence-corrected chi connectivity index (χ4v) is 1.60. The van der Waals surface area contributed by atoms with Gasteiger partial charge >= 0.3 is 5.97 Å². The van der Waals surface area contributed by atoms with Gasteiger partial charge in [-0.1, -0.05) is 0 Å². The van der Waals surface area contributed by atoms with E-state index in [1.54, 1.807) is 19.9 Å². The van der Waals surface area contributed by atoms with Crippen molar-refractivity contribution in [3.8, 4) is 6.07 Å². The van der Waals surface area contributed by atoms with E-state index in [1.165, 1.54) is 0 Å². The highest BCUT2D eigenvalue weighted by molar-refractivity contribution is 6.37. The third kappa shape index (κ3) is 3.80. The van der Waals surface area contributed by atoms with E-state index < -0.39 is 18.1 Å². The first-order valence-electron chi connectivity index (χ1n) is 6.10. The Morgan fingerprint density at radius 2 is 2.20 bits per heavy atom. The lowest BCUT2D eigenvalue weighted by Gasteiger charge is -2.17. The minimum Gasteiger partial charge on any atom is -0.462 e. The number of allylic oxidation sites excluding steroid dienone is 1. The van der Waals surface area contributed by atoms with Crippen molar-refractivity contribution in [2.75, 3.05) is 13.2 Å². The molecule has 0 saturated carbocycles. The smallest absolute Gasteiger partial charge is 0.352 e. The molecule has 20 heavy (non-hydrogen) atoms. The van der Waals surface area contributed by atoms with Crippen LogP contribution in [0.1, 0.15) is 20.3 Å². The number of amides is 1. The molecule has 1 aliphatic rings. The van der Waals surface area contributed by atoms with Crippen molar-refractivity contribution in [2.45, 2.75) is 26.5 Å². The van der Waals surface area contributed by atoms with Gasteiger partial charge in [0.15, 0.2) is 5.70 Å². The van der Waals surface area contributed by atoms with Gasteiger partial charge < -0.3 is 20.5 Å². The van der Waals surface area contributed by atoms with Crippen molar-refractivity contribution in [3.63, 3.8) is 0 Å². The number of nitriles is 1. The highest BCUT2D eigenvalue weighted by Gasteiger charge is 2.27. The van der Waals surface area contributed by atoms with Crippen LogP contribution in [-0.2, 0) is 19.1 Å². The number of primary amides is 1. The Kier molecular flexibility index (Phi) is 5.68. The number of ether oxygens (including phenoxy) is 2. The highest BCUT2D eigenvalue weighted by atomic mass is 16.5. The minimum atomic E-state index is -0.909. The molecule has 1 atom stereocenters. The van der Waals surface area contributed by atoms with Crippen LogP contribution in [-0.4, -0.2) is 37.0 Å². The van der Waals surface area contributed by atoms with Crippen molar-refractivity contribution in [1.82, 2.24) is 5.32 Å². The Hall–Kier alpha value is -2.40. The average Bonchev–Trinajstić information content (AvgIpc) is 2.59. The first-order chi connectivity index (χ1) is 9.53. The molecule has 0 saturated heterocycles. The van der Waals surface area contributed by atoms with Gasteiger partial charge in [0.25, 0.3) is 5.91 Å². The number of aliphatic imine (C=N–C) groups is 1. The molecule has 1 amide bonds. The molecule has 3 N–H and O–H groups in total. The number of hydrogen-bond acceptors (Lipinski definition) is 7. The van der Waals surface area contributed by atoms with Crippen LogP contribution in [0.4, 0.5) is 0 Å². The summed E-state index contributed by atoms with van der Waals surface area (Å²) in [5.74, 6) is -1.58. The number of carbonyl (C=O) groups excluding carboxylic acids is 2. The molecule has 0 radical (unpaired) electrons. The maximum absolute atomic E-state index is 11.8. The van der Waals surface area contributed by atoms with Gasteiger partial charge in [-0.25, -0.2) is 9.79 Å². The Morgan fingerprint density at radius 1 is 1.50 bits per heavy atom. The number of rotatable bonds is 5. The fraction of sp³-hybridized carbons (Fsp3) is 0.500. The van der Waals surface area contributed by atoms with Crippen molar-refractivity contribution in [3.05, 3.63) is 11.4 Å². The van der Waals surface area contributed by atoms with E-state index in [0.29, 0.717) is 6.61 Å². The van der Waals surface area contributed by atoms with Crippen LogP contribution >= 0.6 is 0 Å². The maximum atomic E-state index is 11.8. The number of esters is 1. The van der Waals surface area contributed by atoms with Gasteiger partial charge in [-0.2, -0.15) is 5.26 Å². The van der Waals surface area contributed by atoms with E-state index >= 15 is 0 Å². The molecule has 0 aromatic rings. The first-order valence-corrected chi connectivity index (χ1v) is 6.10. The zero-order chi connectivity index (χ0) is 15.1. The number of hydrogen-bond donors (Lipinski definition) is 2. The normalized spacial score (nSPS) is 18.4. The zero-order valence-electron chi connectivity index (χ0n) is 11.3. The highest BCUT2D eigenvalue weighted by Crippen LogP contribution is 2.14. The second-order valence-corrected chi connectivity index (χ2v) is 3.77. The molecule has 108 valence electrons. The molecule has 0 fully saturated rings. The second-order valence-electron chi connectivity index (χ2n) is 3.77. The molecule has 1 unspecified atom stereocenters. The van der Waals surface area contributed by atoms with E-state index in [4.69, 9.17) is 20.5 Å². The van der Waals surface area contributed by atoms with Crippen molar-refractivity contribution in [2.24, 2.45) is 10.7 Å². The summed E-state index contributed by atoms with van der Waals surface area (Å²) in [7, 11) is 0. The van der Waals surface area contributed by atoms with Gasteiger partial charge in [0, 0.05) is 13.0 Å². The van der Waals surface area contributed by atoms with E-state index in [0.717, 1.165) is 0 Å². The SMILES string of the molecule is CCOC(=O)C1=NC(C(N)=O)=C(C#N)NC(OCC)C1. The van der Waals surface area contributed by atoms with E-state index in [1.807, 2.05) is 0 Å². The lowest BCUT2D eigenvalue weighted by atomic mass is 10.2. The van der Waals surface area contributed by atoms with Crippen LogP contribution < -0.4 is 11.1 Å². The third-order valence-electron chi connectivity index (χ3n) is 2.39. The Labute approximate surface area is 116 Å². The number of nitrogens with two attached hydrogens (primary N) is 1. The van der Waals surface area contributed by atoms with Crippen LogP contribution in [0.25, 0.3) is 0 Å². The summed E-state index contributed by atoms with van der Waals surface area (Å²) < 4.78 is 10.2. The Morgan fingerprint density at radius 3 is 2.70 bits per heavy atom. The number of nitrogens with one attached hydrogen (secondary N) is 1. The van der Waals surface area contributed by atoms with Crippen LogP contribution in [0.5, 0.6) is 0 Å². The van der Waals surface area contributed by atoms with Crippen LogP contribution in [0.15, 0.2) is 16.4 Å². The summed E-state index contributed by atoms with van der Waals surface area (Å²) in [5, 5.41) is 11.7. The minimum absolute atomic E-state index is 0.0168. The molecular formula is C12H16N4O4. The lowest BCUT2D eigenvalue weighted by molar-refractivity contribution is -0.135.